The standard InChI is InChI=1S/C18H23N5O4S/c1-22-15(11-23-7-9-27-10-8-23)20-21-18(22)28-12-16(24)19-14-6-4-3-5-13(14)17(25)26-2/h3-6H,7-12H2,1-2H3,(H,19,24)/p+1. The van der Waals surface area contributed by atoms with Crippen molar-refractivity contribution < 1.29 is 24.0 Å². The minimum atomic E-state index is -0.493. The molecular formula is C18H24N5O4S+. The predicted molar refractivity (Wildman–Crippen MR) is 103 cm³/mol. The maximum absolute atomic E-state index is 12.3. The Bertz CT molecular complexity index is 835. The molecule has 0 radical (unpaired) electrons. The minimum absolute atomic E-state index is 0.159. The Hall–Kier alpha value is -2.43. The van der Waals surface area contributed by atoms with E-state index in [2.05, 4.69) is 15.5 Å². The van der Waals surface area contributed by atoms with E-state index in [4.69, 9.17) is 9.47 Å². The number of methoxy groups -OCH3 is 1. The van der Waals surface area contributed by atoms with Crippen LogP contribution in [0.15, 0.2) is 29.4 Å². The van der Waals surface area contributed by atoms with Gasteiger partial charge in [-0.15, -0.1) is 10.2 Å². The number of carbonyl (C=O) groups excluding carboxylic acids is 2. The summed E-state index contributed by atoms with van der Waals surface area (Å²) in [5, 5.41) is 11.9. The van der Waals surface area contributed by atoms with Crippen LogP contribution in [0.5, 0.6) is 0 Å². The Morgan fingerprint density at radius 3 is 2.79 bits per heavy atom. The van der Waals surface area contributed by atoms with E-state index in [1.54, 1.807) is 24.3 Å². The number of hydrogen-bond acceptors (Lipinski definition) is 7. The van der Waals surface area contributed by atoms with Crippen molar-refractivity contribution in [2.24, 2.45) is 7.05 Å². The molecule has 0 saturated carbocycles. The third-order valence-electron chi connectivity index (χ3n) is 4.47. The molecule has 0 unspecified atom stereocenters. The summed E-state index contributed by atoms with van der Waals surface area (Å²) in [4.78, 5) is 25.5. The van der Waals surface area contributed by atoms with Gasteiger partial charge in [-0.1, -0.05) is 23.9 Å². The van der Waals surface area contributed by atoms with Crippen LogP contribution in [0.4, 0.5) is 5.69 Å². The van der Waals surface area contributed by atoms with E-state index in [9.17, 15) is 9.59 Å². The van der Waals surface area contributed by atoms with Crippen molar-refractivity contribution in [3.8, 4) is 0 Å². The van der Waals surface area contributed by atoms with Crippen LogP contribution in [-0.2, 0) is 27.9 Å². The topological polar surface area (TPSA) is 99.8 Å². The molecule has 2 heterocycles. The number of morpholine rings is 1. The zero-order valence-corrected chi connectivity index (χ0v) is 16.8. The van der Waals surface area contributed by atoms with E-state index >= 15 is 0 Å². The molecule has 9 nitrogen and oxygen atoms in total. The number of benzene rings is 1. The summed E-state index contributed by atoms with van der Waals surface area (Å²) < 4.78 is 12.0. The number of rotatable bonds is 7. The highest BCUT2D eigenvalue weighted by atomic mass is 32.2. The fraction of sp³-hybridized carbons (Fsp3) is 0.444. The van der Waals surface area contributed by atoms with Crippen LogP contribution in [0.25, 0.3) is 0 Å². The molecule has 1 aliphatic rings. The second-order valence-electron chi connectivity index (χ2n) is 6.37. The van der Waals surface area contributed by atoms with Crippen LogP contribution in [0.1, 0.15) is 16.2 Å². The molecule has 3 rings (SSSR count). The highest BCUT2D eigenvalue weighted by molar-refractivity contribution is 7.99. The van der Waals surface area contributed by atoms with Gasteiger partial charge in [-0.2, -0.15) is 0 Å². The maximum atomic E-state index is 12.3. The lowest BCUT2D eigenvalue weighted by molar-refractivity contribution is -0.922. The number of quaternary nitrogens is 1. The Labute approximate surface area is 167 Å². The van der Waals surface area contributed by atoms with E-state index in [0.717, 1.165) is 38.7 Å². The van der Waals surface area contributed by atoms with Crippen molar-refractivity contribution in [1.29, 1.82) is 0 Å². The summed E-state index contributed by atoms with van der Waals surface area (Å²) in [6.45, 7) is 4.23. The Morgan fingerprint density at radius 2 is 2.04 bits per heavy atom. The van der Waals surface area contributed by atoms with E-state index < -0.39 is 5.97 Å². The lowest BCUT2D eigenvalue weighted by atomic mass is 10.2. The zero-order chi connectivity index (χ0) is 19.9. The molecule has 10 heteroatoms. The molecule has 1 saturated heterocycles. The number of esters is 1. The number of thioether (sulfide) groups is 1. The van der Waals surface area contributed by atoms with Crippen LogP contribution in [-0.4, -0.2) is 65.8 Å². The Morgan fingerprint density at radius 1 is 1.29 bits per heavy atom. The van der Waals surface area contributed by atoms with Crippen LogP contribution in [0.2, 0.25) is 0 Å². The first-order valence-corrected chi connectivity index (χ1v) is 9.96. The summed E-state index contributed by atoms with van der Waals surface area (Å²) in [5.74, 6) is 0.318. The van der Waals surface area contributed by atoms with Gasteiger partial charge in [0.1, 0.15) is 19.6 Å². The minimum Gasteiger partial charge on any atom is -0.465 e. The first kappa shape index (κ1) is 20.3. The quantitative estimate of drug-likeness (QED) is 0.483. The fourth-order valence-electron chi connectivity index (χ4n) is 2.88. The van der Waals surface area contributed by atoms with Gasteiger partial charge < -0.3 is 24.3 Å². The number of nitrogens with one attached hydrogen (secondary N) is 2. The van der Waals surface area contributed by atoms with Gasteiger partial charge in [-0.25, -0.2) is 4.79 Å². The van der Waals surface area contributed by atoms with Crippen molar-refractivity contribution in [2.75, 3.05) is 44.5 Å². The SMILES string of the molecule is COC(=O)c1ccccc1NC(=O)CSc1nnc(C[NH+]2CCOCC2)n1C. The van der Waals surface area contributed by atoms with Crippen LogP contribution in [0, 0.1) is 0 Å². The van der Waals surface area contributed by atoms with Gasteiger partial charge in [0.25, 0.3) is 0 Å². The number of aromatic nitrogens is 3. The number of hydrogen-bond donors (Lipinski definition) is 2. The third-order valence-corrected chi connectivity index (χ3v) is 5.49. The van der Waals surface area contributed by atoms with Gasteiger partial charge in [0.2, 0.25) is 5.91 Å². The number of ether oxygens (including phenoxy) is 2. The van der Waals surface area contributed by atoms with Gasteiger partial charge in [0, 0.05) is 7.05 Å². The average molecular weight is 406 g/mol. The molecule has 1 aliphatic heterocycles. The average Bonchev–Trinajstić information content (AvgIpc) is 3.06. The van der Waals surface area contributed by atoms with Gasteiger partial charge in [-0.05, 0) is 12.1 Å². The molecule has 150 valence electrons. The van der Waals surface area contributed by atoms with Crippen LogP contribution < -0.4 is 10.2 Å². The molecule has 28 heavy (non-hydrogen) atoms. The van der Waals surface area contributed by atoms with E-state index in [0.29, 0.717) is 16.4 Å². The fourth-order valence-corrected chi connectivity index (χ4v) is 3.61. The molecule has 0 spiro atoms. The molecular weight excluding hydrogens is 382 g/mol. The zero-order valence-electron chi connectivity index (χ0n) is 15.9. The second kappa shape index (κ2) is 9.67. The van der Waals surface area contributed by atoms with Crippen molar-refractivity contribution in [3.63, 3.8) is 0 Å². The summed E-state index contributed by atoms with van der Waals surface area (Å²) in [6, 6.07) is 6.74. The second-order valence-corrected chi connectivity index (χ2v) is 7.31. The largest absolute Gasteiger partial charge is 0.465 e. The lowest BCUT2D eigenvalue weighted by Gasteiger charge is -2.23. The van der Waals surface area contributed by atoms with Crippen molar-refractivity contribution in [3.05, 3.63) is 35.7 Å². The molecule has 1 aromatic carbocycles. The molecule has 0 bridgehead atoms. The van der Waals surface area contributed by atoms with E-state index in [1.165, 1.54) is 23.8 Å². The Balaban J connectivity index is 1.56. The van der Waals surface area contributed by atoms with E-state index in [1.807, 2.05) is 11.6 Å². The number of para-hydroxylation sites is 1. The van der Waals surface area contributed by atoms with Crippen molar-refractivity contribution in [2.45, 2.75) is 11.7 Å². The highest BCUT2D eigenvalue weighted by Crippen LogP contribution is 2.19. The first-order valence-electron chi connectivity index (χ1n) is 8.98. The summed E-state index contributed by atoms with van der Waals surface area (Å²) in [5.41, 5.74) is 0.743. The van der Waals surface area contributed by atoms with Gasteiger partial charge in [0.15, 0.2) is 11.0 Å². The lowest BCUT2D eigenvalue weighted by Crippen LogP contribution is -3.12. The summed E-state index contributed by atoms with van der Waals surface area (Å²) >= 11 is 1.30. The third kappa shape index (κ3) is 5.09. The van der Waals surface area contributed by atoms with Gasteiger partial charge >= 0.3 is 5.97 Å². The Kier molecular flexibility index (Phi) is 7.01. The van der Waals surface area contributed by atoms with Crippen LogP contribution in [0.3, 0.4) is 0 Å². The van der Waals surface area contributed by atoms with Gasteiger partial charge in [0.05, 0.1) is 37.3 Å². The summed E-state index contributed by atoms with van der Waals surface area (Å²) in [6.07, 6.45) is 0. The molecule has 2 N–H and O–H groups in total. The number of anilines is 1. The predicted octanol–water partition coefficient (Wildman–Crippen LogP) is -0.252. The molecule has 0 aliphatic carbocycles. The molecule has 1 fully saturated rings. The van der Waals surface area contributed by atoms with Crippen molar-refractivity contribution >= 4 is 29.3 Å². The van der Waals surface area contributed by atoms with Crippen LogP contribution >= 0.6 is 11.8 Å². The number of carbonyl (C=O) groups is 2. The highest BCUT2D eigenvalue weighted by Gasteiger charge is 2.19. The molecule has 2 aromatic rings. The molecule has 0 atom stereocenters. The van der Waals surface area contributed by atoms with Gasteiger partial charge in [-0.3, -0.25) is 4.79 Å². The monoisotopic (exact) mass is 406 g/mol. The summed E-state index contributed by atoms with van der Waals surface area (Å²) in [7, 11) is 3.21. The smallest absolute Gasteiger partial charge is 0.339 e. The van der Waals surface area contributed by atoms with Crippen molar-refractivity contribution in [1.82, 2.24) is 14.8 Å². The normalized spacial score (nSPS) is 14.6. The number of nitrogens with zero attached hydrogens (tertiary/aromatic N) is 3. The molecule has 1 aromatic heterocycles. The number of amides is 1. The molecule has 1 amide bonds. The van der Waals surface area contributed by atoms with E-state index in [-0.39, 0.29) is 11.7 Å². The maximum Gasteiger partial charge on any atom is 0.339 e. The first-order chi connectivity index (χ1) is 13.6.